The topological polar surface area (TPSA) is 65.0 Å². The lowest BCUT2D eigenvalue weighted by Crippen LogP contribution is -2.46. The summed E-state index contributed by atoms with van der Waals surface area (Å²) in [5, 5.41) is 7.45. The summed E-state index contributed by atoms with van der Waals surface area (Å²) in [6.07, 6.45) is 2.69. The maximum absolute atomic E-state index is 6.33. The summed E-state index contributed by atoms with van der Waals surface area (Å²) in [5.74, 6) is 2.58. The highest BCUT2D eigenvalue weighted by molar-refractivity contribution is 6.31. The highest BCUT2D eigenvalue weighted by atomic mass is 35.5. The van der Waals surface area contributed by atoms with E-state index in [0.29, 0.717) is 11.6 Å². The lowest BCUT2D eigenvalue weighted by atomic mass is 10.1. The van der Waals surface area contributed by atoms with Crippen molar-refractivity contribution in [3.63, 3.8) is 0 Å². The van der Waals surface area contributed by atoms with Crippen LogP contribution in [-0.4, -0.2) is 69.3 Å². The van der Waals surface area contributed by atoms with Gasteiger partial charge in [-0.3, -0.25) is 4.99 Å². The molecule has 0 atom stereocenters. The molecule has 0 radical (unpaired) electrons. The van der Waals surface area contributed by atoms with Crippen LogP contribution in [0.25, 0.3) is 0 Å². The Labute approximate surface area is 190 Å². The molecule has 1 aliphatic rings. The van der Waals surface area contributed by atoms with E-state index in [1.807, 2.05) is 30.5 Å². The van der Waals surface area contributed by atoms with Crippen molar-refractivity contribution in [2.75, 3.05) is 58.3 Å². The maximum Gasteiger partial charge on any atom is 0.191 e. The molecule has 8 heteroatoms. The van der Waals surface area contributed by atoms with Gasteiger partial charge in [-0.2, -0.15) is 0 Å². The van der Waals surface area contributed by atoms with Gasteiger partial charge in [0.05, 0.1) is 7.11 Å². The fourth-order valence-electron chi connectivity index (χ4n) is 3.62. The minimum atomic E-state index is 0.688. The van der Waals surface area contributed by atoms with Gasteiger partial charge in [-0.05, 0) is 48.4 Å². The van der Waals surface area contributed by atoms with Crippen LogP contribution in [0, 0.1) is 0 Å². The number of methoxy groups -OCH3 is 1. The van der Waals surface area contributed by atoms with E-state index in [-0.39, 0.29) is 0 Å². The van der Waals surface area contributed by atoms with Gasteiger partial charge in [0.1, 0.15) is 11.6 Å². The number of anilines is 1. The highest BCUT2D eigenvalue weighted by Gasteiger charge is 2.16. The van der Waals surface area contributed by atoms with Crippen molar-refractivity contribution in [1.29, 1.82) is 0 Å². The first kappa shape index (κ1) is 23.2. The normalized spacial score (nSPS) is 15.1. The van der Waals surface area contributed by atoms with Crippen LogP contribution in [0.3, 0.4) is 0 Å². The van der Waals surface area contributed by atoms with Crippen molar-refractivity contribution in [3.8, 4) is 5.75 Å². The molecule has 0 spiro atoms. The van der Waals surface area contributed by atoms with Gasteiger partial charge >= 0.3 is 0 Å². The largest absolute Gasteiger partial charge is 0.497 e. The minimum absolute atomic E-state index is 0.688. The molecule has 1 aliphatic heterocycles. The Morgan fingerprint density at radius 3 is 2.65 bits per heavy atom. The van der Waals surface area contributed by atoms with Gasteiger partial charge in [0, 0.05) is 57.5 Å². The molecule has 31 heavy (non-hydrogen) atoms. The summed E-state index contributed by atoms with van der Waals surface area (Å²) in [6, 6.07) is 9.98. The van der Waals surface area contributed by atoms with E-state index in [9.17, 15) is 0 Å². The van der Waals surface area contributed by atoms with Crippen molar-refractivity contribution in [2.24, 2.45) is 4.99 Å². The Morgan fingerprint density at radius 2 is 1.97 bits per heavy atom. The number of rotatable bonds is 8. The molecule has 2 aromatic rings. The Hall–Kier alpha value is -2.51. The fourth-order valence-corrected chi connectivity index (χ4v) is 3.88. The lowest BCUT2D eigenvalue weighted by Gasteiger charge is -2.34. The number of nitrogens with zero attached hydrogens (tertiary/aromatic N) is 4. The van der Waals surface area contributed by atoms with E-state index in [2.05, 4.69) is 43.4 Å². The van der Waals surface area contributed by atoms with E-state index < -0.39 is 0 Å². The third-order valence-corrected chi connectivity index (χ3v) is 5.94. The number of hydrogen-bond acceptors (Lipinski definition) is 5. The number of nitrogens with one attached hydrogen (secondary N) is 2. The summed E-state index contributed by atoms with van der Waals surface area (Å²) in [6.45, 7) is 8.98. The van der Waals surface area contributed by atoms with E-state index in [0.717, 1.165) is 68.8 Å². The van der Waals surface area contributed by atoms with E-state index in [4.69, 9.17) is 16.3 Å². The van der Waals surface area contributed by atoms with Crippen molar-refractivity contribution >= 4 is 23.4 Å². The third-order valence-electron chi connectivity index (χ3n) is 5.58. The summed E-state index contributed by atoms with van der Waals surface area (Å²) < 4.78 is 5.20. The number of ether oxygens (including phenoxy) is 1. The van der Waals surface area contributed by atoms with E-state index in [1.54, 1.807) is 14.2 Å². The SMILES string of the molecule is CCN1CCN(c2cc(CNC(=NC)NCCc3ccc(OC)cc3Cl)ccn2)CC1. The van der Waals surface area contributed by atoms with Crippen LogP contribution >= 0.6 is 11.6 Å². The molecule has 0 amide bonds. The Balaban J connectivity index is 1.47. The molecule has 168 valence electrons. The molecule has 7 nitrogen and oxygen atoms in total. The van der Waals surface area contributed by atoms with Crippen LogP contribution in [-0.2, 0) is 13.0 Å². The van der Waals surface area contributed by atoms with Crippen molar-refractivity contribution in [1.82, 2.24) is 20.5 Å². The molecule has 1 saturated heterocycles. The zero-order valence-corrected chi connectivity index (χ0v) is 19.5. The van der Waals surface area contributed by atoms with Crippen LogP contribution in [0.2, 0.25) is 5.02 Å². The standard InChI is InChI=1S/C23H33ClN6O/c1-4-29-11-13-30(14-12-29)22-15-18(7-9-26-22)17-28-23(25-2)27-10-8-19-5-6-20(31-3)16-21(19)24/h5-7,9,15-16H,4,8,10-14,17H2,1-3H3,(H2,25,27,28). The molecule has 0 aliphatic carbocycles. The summed E-state index contributed by atoms with van der Waals surface area (Å²) in [7, 11) is 3.42. The number of likely N-dealkylation sites (N-methyl/N-ethyl adjacent to an activating group) is 1. The van der Waals surface area contributed by atoms with Crippen LogP contribution in [0.1, 0.15) is 18.1 Å². The molecule has 0 unspecified atom stereocenters. The van der Waals surface area contributed by atoms with E-state index in [1.165, 1.54) is 5.56 Å². The Morgan fingerprint density at radius 1 is 1.16 bits per heavy atom. The predicted octanol–water partition coefficient (Wildman–Crippen LogP) is 2.79. The summed E-state index contributed by atoms with van der Waals surface area (Å²) in [4.78, 5) is 13.7. The number of guanidine groups is 1. The van der Waals surface area contributed by atoms with Crippen LogP contribution in [0.5, 0.6) is 5.75 Å². The molecule has 3 rings (SSSR count). The monoisotopic (exact) mass is 444 g/mol. The van der Waals surface area contributed by atoms with Gasteiger partial charge < -0.3 is 25.2 Å². The Kier molecular flexibility index (Phi) is 8.79. The van der Waals surface area contributed by atoms with Gasteiger partial charge in [-0.1, -0.05) is 24.6 Å². The fraction of sp³-hybridized carbons (Fsp3) is 0.478. The molecule has 1 aromatic heterocycles. The number of halogens is 1. The molecule has 2 heterocycles. The average Bonchev–Trinajstić information content (AvgIpc) is 2.82. The third kappa shape index (κ3) is 6.74. The number of hydrogen-bond donors (Lipinski definition) is 2. The smallest absolute Gasteiger partial charge is 0.191 e. The summed E-state index contributed by atoms with van der Waals surface area (Å²) >= 11 is 6.33. The van der Waals surface area contributed by atoms with Crippen molar-refractivity contribution in [3.05, 3.63) is 52.7 Å². The highest BCUT2D eigenvalue weighted by Crippen LogP contribution is 2.22. The number of aromatic nitrogens is 1. The molecule has 1 fully saturated rings. The van der Waals surface area contributed by atoms with Crippen molar-refractivity contribution in [2.45, 2.75) is 19.9 Å². The second-order valence-electron chi connectivity index (χ2n) is 7.50. The zero-order chi connectivity index (χ0) is 22.1. The van der Waals surface area contributed by atoms with Crippen molar-refractivity contribution < 1.29 is 4.74 Å². The first-order valence-electron chi connectivity index (χ1n) is 10.8. The molecule has 1 aromatic carbocycles. The molecule has 2 N–H and O–H groups in total. The Bertz CT molecular complexity index is 867. The zero-order valence-electron chi connectivity index (χ0n) is 18.7. The number of aliphatic imine (C=N–C) groups is 1. The predicted molar refractivity (Wildman–Crippen MR) is 128 cm³/mol. The van der Waals surface area contributed by atoms with Crippen LogP contribution < -0.4 is 20.3 Å². The number of piperazine rings is 1. The minimum Gasteiger partial charge on any atom is -0.497 e. The van der Waals surface area contributed by atoms with Gasteiger partial charge in [0.15, 0.2) is 5.96 Å². The maximum atomic E-state index is 6.33. The molecular weight excluding hydrogens is 412 g/mol. The molecule has 0 bridgehead atoms. The van der Waals surface area contributed by atoms with Gasteiger partial charge in [0.25, 0.3) is 0 Å². The lowest BCUT2D eigenvalue weighted by molar-refractivity contribution is 0.270. The van der Waals surface area contributed by atoms with Crippen LogP contribution in [0.4, 0.5) is 5.82 Å². The number of pyridine rings is 1. The quantitative estimate of drug-likeness (QED) is 0.482. The summed E-state index contributed by atoms with van der Waals surface area (Å²) in [5.41, 5.74) is 2.26. The second-order valence-corrected chi connectivity index (χ2v) is 7.91. The average molecular weight is 445 g/mol. The molecular formula is C23H33ClN6O. The van der Waals surface area contributed by atoms with Gasteiger partial charge in [0.2, 0.25) is 0 Å². The van der Waals surface area contributed by atoms with E-state index >= 15 is 0 Å². The molecule has 0 saturated carbocycles. The van der Waals surface area contributed by atoms with Crippen LogP contribution in [0.15, 0.2) is 41.5 Å². The first-order chi connectivity index (χ1) is 15.1. The van der Waals surface area contributed by atoms with Gasteiger partial charge in [-0.25, -0.2) is 4.98 Å². The first-order valence-corrected chi connectivity index (χ1v) is 11.2. The number of benzene rings is 1. The van der Waals surface area contributed by atoms with Gasteiger partial charge in [-0.15, -0.1) is 0 Å². The second kappa shape index (κ2) is 11.8.